The molecular formula is C10H13N3O. The third-order valence-corrected chi connectivity index (χ3v) is 2.29. The molecular weight excluding hydrogens is 178 g/mol. The number of rotatable bonds is 1. The van der Waals surface area contributed by atoms with E-state index in [4.69, 9.17) is 0 Å². The Bertz CT molecular complexity index is 353. The van der Waals surface area contributed by atoms with Gasteiger partial charge in [0.2, 0.25) is 0 Å². The quantitative estimate of drug-likeness (QED) is 0.705. The Kier molecular flexibility index (Phi) is 2.35. The highest BCUT2D eigenvalue weighted by atomic mass is 16.2. The van der Waals surface area contributed by atoms with Crippen molar-refractivity contribution in [2.24, 2.45) is 4.99 Å². The lowest BCUT2D eigenvalue weighted by atomic mass is 10.2. The molecule has 1 amide bonds. The Balaban J connectivity index is 2.10. The van der Waals surface area contributed by atoms with E-state index in [0.29, 0.717) is 12.2 Å². The normalized spacial score (nSPS) is 16.6. The second-order valence-electron chi connectivity index (χ2n) is 3.43. The van der Waals surface area contributed by atoms with Gasteiger partial charge in [-0.3, -0.25) is 9.79 Å². The highest BCUT2D eigenvalue weighted by Crippen LogP contribution is 2.05. The van der Waals surface area contributed by atoms with E-state index >= 15 is 0 Å². The van der Waals surface area contributed by atoms with Gasteiger partial charge in [-0.05, 0) is 19.1 Å². The zero-order chi connectivity index (χ0) is 9.97. The van der Waals surface area contributed by atoms with Crippen molar-refractivity contribution in [1.82, 2.24) is 9.88 Å². The average Bonchev–Trinajstić information content (AvgIpc) is 2.69. The second-order valence-corrected chi connectivity index (χ2v) is 3.43. The molecule has 0 fully saturated rings. The van der Waals surface area contributed by atoms with Gasteiger partial charge in [0.15, 0.2) is 0 Å². The van der Waals surface area contributed by atoms with Crippen molar-refractivity contribution in [1.29, 1.82) is 0 Å². The Hall–Kier alpha value is -1.58. The lowest BCUT2D eigenvalue weighted by molar-refractivity contribution is 0.0773. The summed E-state index contributed by atoms with van der Waals surface area (Å²) in [5.74, 6) is 0.0595. The van der Waals surface area contributed by atoms with Crippen LogP contribution in [0.25, 0.3) is 0 Å². The molecule has 1 N–H and O–H groups in total. The fourth-order valence-electron chi connectivity index (χ4n) is 1.57. The van der Waals surface area contributed by atoms with Gasteiger partial charge >= 0.3 is 0 Å². The predicted molar refractivity (Wildman–Crippen MR) is 54.7 cm³/mol. The number of hydrogen-bond donors (Lipinski definition) is 1. The first-order valence-electron chi connectivity index (χ1n) is 4.70. The molecule has 0 saturated heterocycles. The molecule has 0 spiro atoms. The van der Waals surface area contributed by atoms with E-state index in [1.807, 2.05) is 17.9 Å². The first-order chi connectivity index (χ1) is 6.77. The van der Waals surface area contributed by atoms with Gasteiger partial charge < -0.3 is 9.88 Å². The van der Waals surface area contributed by atoms with Gasteiger partial charge in [0, 0.05) is 18.5 Å². The molecule has 14 heavy (non-hydrogen) atoms. The minimum atomic E-state index is 0.0595. The number of nitrogens with zero attached hydrogens (tertiary/aromatic N) is 2. The van der Waals surface area contributed by atoms with Crippen LogP contribution in [-0.4, -0.2) is 41.1 Å². The maximum Gasteiger partial charge on any atom is 0.270 e. The summed E-state index contributed by atoms with van der Waals surface area (Å²) in [6.45, 7) is 4.04. The molecule has 1 aromatic rings. The van der Waals surface area contributed by atoms with Crippen LogP contribution in [0.5, 0.6) is 0 Å². The summed E-state index contributed by atoms with van der Waals surface area (Å²) in [5.41, 5.74) is 1.68. The summed E-state index contributed by atoms with van der Waals surface area (Å²) >= 11 is 0. The van der Waals surface area contributed by atoms with E-state index < -0.39 is 0 Å². The van der Waals surface area contributed by atoms with Crippen molar-refractivity contribution >= 4 is 11.6 Å². The third kappa shape index (κ3) is 1.69. The molecule has 0 radical (unpaired) electrons. The molecule has 0 aliphatic carbocycles. The minimum Gasteiger partial charge on any atom is -0.357 e. The second kappa shape index (κ2) is 3.65. The van der Waals surface area contributed by atoms with Crippen LogP contribution in [-0.2, 0) is 0 Å². The Morgan fingerprint density at radius 1 is 1.64 bits per heavy atom. The van der Waals surface area contributed by atoms with Crippen molar-refractivity contribution in [3.63, 3.8) is 0 Å². The van der Waals surface area contributed by atoms with E-state index in [0.717, 1.165) is 18.8 Å². The molecule has 2 rings (SSSR count). The van der Waals surface area contributed by atoms with Gasteiger partial charge in [0.05, 0.1) is 13.1 Å². The third-order valence-electron chi connectivity index (χ3n) is 2.29. The van der Waals surface area contributed by atoms with E-state index in [1.54, 1.807) is 12.3 Å². The minimum absolute atomic E-state index is 0.0595. The number of aliphatic imine (C=N–C) groups is 1. The smallest absolute Gasteiger partial charge is 0.270 e. The summed E-state index contributed by atoms with van der Waals surface area (Å²) in [6.07, 6.45) is 1.76. The van der Waals surface area contributed by atoms with Crippen LogP contribution < -0.4 is 0 Å². The highest BCUT2D eigenvalue weighted by molar-refractivity contribution is 5.96. The van der Waals surface area contributed by atoms with Gasteiger partial charge in [-0.1, -0.05) is 0 Å². The van der Waals surface area contributed by atoms with Crippen molar-refractivity contribution in [3.05, 3.63) is 24.0 Å². The topological polar surface area (TPSA) is 48.5 Å². The first kappa shape index (κ1) is 8.99. The van der Waals surface area contributed by atoms with Crippen LogP contribution in [0, 0.1) is 0 Å². The van der Waals surface area contributed by atoms with E-state index in [-0.39, 0.29) is 5.91 Å². The molecule has 2 heterocycles. The van der Waals surface area contributed by atoms with Crippen LogP contribution >= 0.6 is 0 Å². The molecule has 1 aliphatic rings. The highest BCUT2D eigenvalue weighted by Gasteiger charge is 2.18. The molecule has 1 aliphatic heterocycles. The van der Waals surface area contributed by atoms with Gasteiger partial charge in [-0.25, -0.2) is 0 Å². The Morgan fingerprint density at radius 2 is 2.50 bits per heavy atom. The maximum absolute atomic E-state index is 11.8. The molecule has 4 nitrogen and oxygen atoms in total. The Morgan fingerprint density at radius 3 is 3.14 bits per heavy atom. The predicted octanol–water partition coefficient (Wildman–Crippen LogP) is 0.931. The van der Waals surface area contributed by atoms with Gasteiger partial charge in [-0.2, -0.15) is 0 Å². The summed E-state index contributed by atoms with van der Waals surface area (Å²) in [5, 5.41) is 0. The summed E-state index contributed by atoms with van der Waals surface area (Å²) in [7, 11) is 0. The molecule has 0 unspecified atom stereocenters. The van der Waals surface area contributed by atoms with E-state index in [2.05, 4.69) is 9.98 Å². The van der Waals surface area contributed by atoms with E-state index in [9.17, 15) is 4.79 Å². The van der Waals surface area contributed by atoms with Crippen molar-refractivity contribution in [2.45, 2.75) is 6.92 Å². The van der Waals surface area contributed by atoms with Gasteiger partial charge in [-0.15, -0.1) is 0 Å². The molecule has 1 aromatic heterocycles. The molecule has 0 aromatic carbocycles. The zero-order valence-electron chi connectivity index (χ0n) is 8.16. The Labute approximate surface area is 82.6 Å². The number of amides is 1. The molecule has 0 bridgehead atoms. The number of aromatic amines is 1. The maximum atomic E-state index is 11.8. The van der Waals surface area contributed by atoms with Crippen LogP contribution in [0.1, 0.15) is 17.4 Å². The molecule has 0 saturated carbocycles. The summed E-state index contributed by atoms with van der Waals surface area (Å²) < 4.78 is 0. The molecule has 74 valence electrons. The lowest BCUT2D eigenvalue weighted by Crippen LogP contribution is -2.40. The average molecular weight is 191 g/mol. The van der Waals surface area contributed by atoms with Crippen LogP contribution in [0.15, 0.2) is 23.3 Å². The number of hydrogen-bond acceptors (Lipinski definition) is 2. The number of carbonyl (C=O) groups is 1. The molecule has 4 heteroatoms. The van der Waals surface area contributed by atoms with Crippen molar-refractivity contribution in [2.75, 3.05) is 19.6 Å². The van der Waals surface area contributed by atoms with E-state index in [1.165, 1.54) is 0 Å². The standard InChI is InChI=1S/C10H13N3O/c1-8-7-13(6-5-11-8)10(14)9-3-2-4-12-9/h2-4,12H,5-7H2,1H3. The zero-order valence-corrected chi connectivity index (χ0v) is 8.16. The molecule has 0 atom stereocenters. The fraction of sp³-hybridized carbons (Fsp3) is 0.400. The van der Waals surface area contributed by atoms with Crippen LogP contribution in [0.4, 0.5) is 0 Å². The number of nitrogens with one attached hydrogen (secondary N) is 1. The lowest BCUT2D eigenvalue weighted by Gasteiger charge is -2.24. The fourth-order valence-corrected chi connectivity index (χ4v) is 1.57. The van der Waals surface area contributed by atoms with Crippen molar-refractivity contribution in [3.8, 4) is 0 Å². The first-order valence-corrected chi connectivity index (χ1v) is 4.70. The number of H-pyrrole nitrogens is 1. The SMILES string of the molecule is CC1=NCCN(C(=O)c2ccc[nH]2)C1. The van der Waals surface area contributed by atoms with Crippen LogP contribution in [0.3, 0.4) is 0 Å². The summed E-state index contributed by atoms with van der Waals surface area (Å²) in [4.78, 5) is 20.8. The van der Waals surface area contributed by atoms with Crippen LogP contribution in [0.2, 0.25) is 0 Å². The number of carbonyl (C=O) groups excluding carboxylic acids is 1. The largest absolute Gasteiger partial charge is 0.357 e. The number of aromatic nitrogens is 1. The van der Waals surface area contributed by atoms with Gasteiger partial charge in [0.25, 0.3) is 5.91 Å². The summed E-state index contributed by atoms with van der Waals surface area (Å²) in [6, 6.07) is 3.63. The van der Waals surface area contributed by atoms with Gasteiger partial charge in [0.1, 0.15) is 5.69 Å². The monoisotopic (exact) mass is 191 g/mol. The van der Waals surface area contributed by atoms with Crippen molar-refractivity contribution < 1.29 is 4.79 Å².